The Bertz CT molecular complexity index is 980. The third-order valence-corrected chi connectivity index (χ3v) is 3.64. The molecule has 8 nitrogen and oxygen atoms in total. The van der Waals surface area contributed by atoms with Crippen molar-refractivity contribution in [2.45, 2.75) is 39.9 Å². The summed E-state index contributed by atoms with van der Waals surface area (Å²) >= 11 is 0. The first-order chi connectivity index (χ1) is 12.9. The van der Waals surface area contributed by atoms with Crippen molar-refractivity contribution in [1.82, 2.24) is 14.8 Å². The van der Waals surface area contributed by atoms with Gasteiger partial charge in [0.2, 0.25) is 0 Å². The van der Waals surface area contributed by atoms with Crippen LogP contribution in [0.5, 0.6) is 0 Å². The Morgan fingerprint density at radius 2 is 1.74 bits per heavy atom. The fraction of sp³-hybridized carbons (Fsp3) is 0.316. The van der Waals surface area contributed by atoms with Crippen molar-refractivity contribution >= 4 is 34.6 Å². The third kappa shape index (κ3) is 3.94. The molecule has 3 rings (SSSR count). The first kappa shape index (κ1) is 18.5. The molecule has 3 aromatic rings. The van der Waals surface area contributed by atoms with Gasteiger partial charge in [-0.2, -0.15) is 5.01 Å². The monoisotopic (exact) mass is 370 g/mol. The first-order valence-electron chi connectivity index (χ1n) is 8.70. The topological polar surface area (TPSA) is 85.2 Å². The molecule has 1 aromatic carbocycles. The number of nitrogens with one attached hydrogen (secondary N) is 1. The molecule has 0 unspecified atom stereocenters. The van der Waals surface area contributed by atoms with E-state index in [2.05, 4.69) is 10.4 Å². The van der Waals surface area contributed by atoms with Gasteiger partial charge in [0.1, 0.15) is 5.82 Å². The number of amides is 2. The second-order valence-electron chi connectivity index (χ2n) is 6.53. The lowest BCUT2D eigenvalue weighted by molar-refractivity contribution is 0.103. The quantitative estimate of drug-likeness (QED) is 0.707. The van der Waals surface area contributed by atoms with Crippen molar-refractivity contribution in [2.75, 3.05) is 5.01 Å². The number of ether oxygens (including phenoxy) is 2. The number of carbonyl (C=O) groups excluding carboxylic acids is 2. The van der Waals surface area contributed by atoms with Gasteiger partial charge in [0.15, 0.2) is 0 Å². The molecule has 2 heterocycles. The number of hydrazine groups is 1. The molecule has 0 atom stereocenters. The fourth-order valence-corrected chi connectivity index (χ4v) is 2.66. The van der Waals surface area contributed by atoms with E-state index in [1.165, 1.54) is 0 Å². The Hall–Kier alpha value is -3.29. The minimum atomic E-state index is -0.751. The van der Waals surface area contributed by atoms with E-state index < -0.39 is 12.2 Å². The summed E-state index contributed by atoms with van der Waals surface area (Å²) in [6, 6.07) is 11.0. The number of anilines is 1. The van der Waals surface area contributed by atoms with Crippen LogP contribution in [-0.2, 0) is 9.47 Å². The summed E-state index contributed by atoms with van der Waals surface area (Å²) < 4.78 is 12.2. The molecule has 0 aliphatic rings. The summed E-state index contributed by atoms with van der Waals surface area (Å²) in [5.74, 6) is 0.412. The van der Waals surface area contributed by atoms with Gasteiger partial charge in [-0.25, -0.2) is 15.0 Å². The second kappa shape index (κ2) is 7.53. The average molecular weight is 370 g/mol. The average Bonchev–Trinajstić information content (AvgIpc) is 3.02. The van der Waals surface area contributed by atoms with Crippen molar-refractivity contribution in [1.29, 1.82) is 0 Å². The van der Waals surface area contributed by atoms with E-state index in [0.29, 0.717) is 5.82 Å². The number of carbonyl (C=O) groups is 2. The first-order valence-corrected chi connectivity index (χ1v) is 8.70. The fourth-order valence-electron chi connectivity index (χ4n) is 2.66. The molecule has 0 bridgehead atoms. The van der Waals surface area contributed by atoms with Crippen LogP contribution in [0.25, 0.3) is 16.6 Å². The lowest BCUT2D eigenvalue weighted by atomic mass is 10.3. The molecule has 2 amide bonds. The van der Waals surface area contributed by atoms with E-state index in [-0.39, 0.29) is 12.2 Å². The highest BCUT2D eigenvalue weighted by Crippen LogP contribution is 2.24. The van der Waals surface area contributed by atoms with Crippen LogP contribution in [0, 0.1) is 0 Å². The maximum atomic E-state index is 12.7. The molecule has 0 aliphatic carbocycles. The van der Waals surface area contributed by atoms with E-state index in [9.17, 15) is 9.59 Å². The summed E-state index contributed by atoms with van der Waals surface area (Å²) in [5, 5.41) is 1.05. The SMILES string of the molecule is CC(C)OC(=O)NN(C(=O)OC(C)C)c1ccc2cnc3ccccc3n12. The lowest BCUT2D eigenvalue weighted by Gasteiger charge is -2.24. The molecule has 142 valence electrons. The van der Waals surface area contributed by atoms with Gasteiger partial charge in [0, 0.05) is 0 Å². The van der Waals surface area contributed by atoms with Crippen molar-refractivity contribution in [2.24, 2.45) is 0 Å². The van der Waals surface area contributed by atoms with Crippen molar-refractivity contribution in [3.8, 4) is 0 Å². The highest BCUT2D eigenvalue weighted by molar-refractivity contribution is 5.92. The predicted molar refractivity (Wildman–Crippen MR) is 102 cm³/mol. The van der Waals surface area contributed by atoms with E-state index in [1.807, 2.05) is 28.7 Å². The Balaban J connectivity index is 2.09. The van der Waals surface area contributed by atoms with Gasteiger partial charge in [0.05, 0.1) is 35.0 Å². The molecule has 0 saturated heterocycles. The Kier molecular flexibility index (Phi) is 5.16. The van der Waals surface area contributed by atoms with E-state index in [0.717, 1.165) is 21.6 Å². The number of para-hydroxylation sites is 2. The van der Waals surface area contributed by atoms with Gasteiger partial charge in [-0.3, -0.25) is 9.38 Å². The zero-order valence-electron chi connectivity index (χ0n) is 15.7. The second-order valence-corrected chi connectivity index (χ2v) is 6.53. The standard InChI is InChI=1S/C19H22N4O4/c1-12(2)26-18(24)21-23(19(25)27-13(3)4)17-10-9-14-11-20-15-7-5-6-8-16(15)22(14)17/h5-13H,1-4H3,(H,21,24). The molecule has 8 heteroatoms. The number of rotatable bonds is 3. The van der Waals surface area contributed by atoms with Crippen molar-refractivity contribution in [3.63, 3.8) is 0 Å². The van der Waals surface area contributed by atoms with Gasteiger partial charge in [-0.05, 0) is 52.0 Å². The minimum absolute atomic E-state index is 0.331. The lowest BCUT2D eigenvalue weighted by Crippen LogP contribution is -2.48. The smallest absolute Gasteiger partial charge is 0.435 e. The summed E-state index contributed by atoms with van der Waals surface area (Å²) in [6.45, 7) is 6.92. The number of nitrogens with zero attached hydrogens (tertiary/aromatic N) is 3. The molecule has 2 aromatic heterocycles. The number of hydrogen-bond donors (Lipinski definition) is 1. The maximum absolute atomic E-state index is 12.7. The summed E-state index contributed by atoms with van der Waals surface area (Å²) in [5.41, 5.74) is 4.78. The number of benzene rings is 1. The zero-order valence-corrected chi connectivity index (χ0v) is 15.7. The van der Waals surface area contributed by atoms with Crippen molar-refractivity contribution in [3.05, 3.63) is 42.6 Å². The van der Waals surface area contributed by atoms with Crippen LogP contribution >= 0.6 is 0 Å². The van der Waals surface area contributed by atoms with Crippen LogP contribution in [0.1, 0.15) is 27.7 Å². The molecule has 0 radical (unpaired) electrons. The van der Waals surface area contributed by atoms with Crippen LogP contribution in [0.2, 0.25) is 0 Å². The molecular formula is C19H22N4O4. The molecule has 0 spiro atoms. The molecule has 27 heavy (non-hydrogen) atoms. The van der Waals surface area contributed by atoms with Crippen LogP contribution < -0.4 is 10.4 Å². The Labute approximate surface area is 156 Å². The van der Waals surface area contributed by atoms with Gasteiger partial charge in [-0.1, -0.05) is 12.1 Å². The summed E-state index contributed by atoms with van der Waals surface area (Å²) in [6.07, 6.45) is -0.454. The van der Waals surface area contributed by atoms with Gasteiger partial charge in [-0.15, -0.1) is 0 Å². The number of aromatic nitrogens is 2. The minimum Gasteiger partial charge on any atom is -0.446 e. The maximum Gasteiger partial charge on any atom is 0.435 e. The van der Waals surface area contributed by atoms with Crippen LogP contribution in [0.3, 0.4) is 0 Å². The largest absolute Gasteiger partial charge is 0.446 e. The van der Waals surface area contributed by atoms with Gasteiger partial charge in [0.25, 0.3) is 0 Å². The van der Waals surface area contributed by atoms with E-state index in [4.69, 9.17) is 9.47 Å². The number of fused-ring (bicyclic) bond motifs is 3. The molecule has 0 aliphatic heterocycles. The number of hydrogen-bond acceptors (Lipinski definition) is 5. The zero-order chi connectivity index (χ0) is 19.6. The van der Waals surface area contributed by atoms with Crippen LogP contribution in [0.4, 0.5) is 15.4 Å². The van der Waals surface area contributed by atoms with Crippen LogP contribution in [0.15, 0.2) is 42.6 Å². The molecule has 0 saturated carbocycles. The molecule has 1 N–H and O–H groups in total. The highest BCUT2D eigenvalue weighted by atomic mass is 16.6. The molecule has 0 fully saturated rings. The van der Waals surface area contributed by atoms with E-state index in [1.54, 1.807) is 46.0 Å². The summed E-state index contributed by atoms with van der Waals surface area (Å²) in [7, 11) is 0. The molecular weight excluding hydrogens is 348 g/mol. The highest BCUT2D eigenvalue weighted by Gasteiger charge is 2.25. The van der Waals surface area contributed by atoms with E-state index >= 15 is 0 Å². The predicted octanol–water partition coefficient (Wildman–Crippen LogP) is 3.89. The van der Waals surface area contributed by atoms with Crippen LogP contribution in [-0.4, -0.2) is 33.8 Å². The third-order valence-electron chi connectivity index (χ3n) is 3.64. The normalized spacial score (nSPS) is 11.2. The Morgan fingerprint density at radius 3 is 2.44 bits per heavy atom. The Morgan fingerprint density at radius 1 is 1.04 bits per heavy atom. The van der Waals surface area contributed by atoms with Gasteiger partial charge >= 0.3 is 12.2 Å². The van der Waals surface area contributed by atoms with Gasteiger partial charge < -0.3 is 9.47 Å². The summed E-state index contributed by atoms with van der Waals surface area (Å²) in [4.78, 5) is 29.2. The van der Waals surface area contributed by atoms with Crippen molar-refractivity contribution < 1.29 is 19.1 Å².